The van der Waals surface area contributed by atoms with Crippen LogP contribution in [0, 0.1) is 0 Å². The molecule has 3 aliphatic carbocycles. The van der Waals surface area contributed by atoms with E-state index >= 15 is 0 Å². The highest BCUT2D eigenvalue weighted by atomic mass is 32.2. The molecule has 1 N–H and O–H groups in total. The number of hydrogen-bond donors (Lipinski definition) is 1. The van der Waals surface area contributed by atoms with Crippen molar-refractivity contribution >= 4 is 24.1 Å². The van der Waals surface area contributed by atoms with Crippen LogP contribution in [0.1, 0.15) is 131 Å². The van der Waals surface area contributed by atoms with Crippen LogP contribution in [-0.4, -0.2) is 9.14 Å². The average molecular weight is 525 g/mol. The lowest BCUT2D eigenvalue weighted by Gasteiger charge is -2.32. The minimum atomic E-state index is -3.37. The van der Waals surface area contributed by atoms with Crippen molar-refractivity contribution in [3.63, 3.8) is 0 Å². The number of halogens is 2. The molecule has 3 saturated carbocycles. The second-order valence-corrected chi connectivity index (χ2v) is 12.0. The summed E-state index contributed by atoms with van der Waals surface area (Å²) >= 11 is -0.331. The van der Waals surface area contributed by atoms with Crippen molar-refractivity contribution in [2.24, 2.45) is 0 Å². The third kappa shape index (κ3) is 8.53. The topological polar surface area (TPSA) is 29.5 Å². The van der Waals surface area contributed by atoms with Gasteiger partial charge in [-0.05, 0) is 73.0 Å². The highest BCUT2D eigenvalue weighted by Crippen LogP contribution is 2.50. The first-order chi connectivity index (χ1) is 17.0. The summed E-state index contributed by atoms with van der Waals surface area (Å²) in [4.78, 5) is 0. The smallest absolute Gasteiger partial charge is 0.400 e. The Bertz CT molecular complexity index is 751. The minimum absolute atomic E-state index is 0.109. The maximum Gasteiger partial charge on any atom is 0.400 e. The highest BCUT2D eigenvalue weighted by Gasteiger charge is 2.36. The molecule has 6 heteroatoms. The molecule has 35 heavy (non-hydrogen) atoms. The predicted octanol–water partition coefficient (Wildman–Crippen LogP) is 11.0. The van der Waals surface area contributed by atoms with Gasteiger partial charge >= 0.3 is 4.59 Å². The van der Waals surface area contributed by atoms with Gasteiger partial charge in [-0.2, -0.15) is 8.78 Å². The van der Waals surface area contributed by atoms with E-state index in [1.807, 2.05) is 0 Å². The van der Waals surface area contributed by atoms with E-state index in [4.69, 9.17) is 8.74 Å². The van der Waals surface area contributed by atoms with Gasteiger partial charge < -0.3 is 8.74 Å². The summed E-state index contributed by atoms with van der Waals surface area (Å²) in [7, 11) is 0. The summed E-state index contributed by atoms with van der Waals surface area (Å²) in [5.74, 6) is 2.07. The Morgan fingerprint density at radius 1 is 0.743 bits per heavy atom. The van der Waals surface area contributed by atoms with Gasteiger partial charge in [-0.1, -0.05) is 95.2 Å². The summed E-state index contributed by atoms with van der Waals surface area (Å²) in [5.41, 5.74) is 3.74. The molecule has 0 saturated heterocycles. The molecule has 0 atom stereocenters. The molecular weight excluding hydrogens is 482 g/mol. The predicted molar refractivity (Wildman–Crippen MR) is 148 cm³/mol. The quantitative estimate of drug-likeness (QED) is 0.208. The van der Waals surface area contributed by atoms with Crippen LogP contribution in [0.2, 0.25) is 0 Å². The summed E-state index contributed by atoms with van der Waals surface area (Å²) in [6.45, 7) is 6.72. The van der Waals surface area contributed by atoms with Crippen LogP contribution in [0.15, 0.2) is 37.4 Å². The molecule has 1 aromatic rings. The number of hydrogen-bond acceptors (Lipinski definition) is 4. The van der Waals surface area contributed by atoms with Gasteiger partial charge in [-0.25, -0.2) is 0 Å². The van der Waals surface area contributed by atoms with Gasteiger partial charge in [0.15, 0.2) is 0 Å². The molecule has 4 rings (SSSR count). The maximum absolute atomic E-state index is 13.9. The molecule has 0 heterocycles. The zero-order chi connectivity index (χ0) is 25.1. The lowest BCUT2D eigenvalue weighted by molar-refractivity contribution is 0.197. The molecule has 0 aliphatic heterocycles. The molecule has 2 nitrogen and oxygen atoms in total. The Labute approximate surface area is 219 Å². The first-order valence-electron chi connectivity index (χ1n) is 13.5. The molecule has 0 amide bonds. The Balaban J connectivity index is 0.000000795. The number of allylic oxidation sites excluding steroid dienone is 2. The molecule has 0 bridgehead atoms. The van der Waals surface area contributed by atoms with Crippen LogP contribution in [0.5, 0.6) is 5.75 Å². The largest absolute Gasteiger partial charge is 0.418 e. The Morgan fingerprint density at radius 2 is 1.14 bits per heavy atom. The van der Waals surface area contributed by atoms with Gasteiger partial charge in [0.2, 0.25) is 0 Å². The first kappa shape index (κ1) is 28.6. The van der Waals surface area contributed by atoms with Crippen molar-refractivity contribution in [3.05, 3.63) is 54.1 Å². The Hall–Kier alpha value is -0.980. The van der Waals surface area contributed by atoms with E-state index in [0.717, 1.165) is 36.8 Å². The van der Waals surface area contributed by atoms with Crippen molar-refractivity contribution in [3.8, 4) is 5.75 Å². The van der Waals surface area contributed by atoms with Gasteiger partial charge in [0.1, 0.15) is 17.8 Å². The normalized spacial score (nSPS) is 20.5. The molecule has 1 aromatic carbocycles. The second-order valence-electron chi connectivity index (χ2n) is 10.2. The summed E-state index contributed by atoms with van der Waals surface area (Å²) < 4.78 is 39.3. The molecule has 0 aromatic heterocycles. The van der Waals surface area contributed by atoms with Gasteiger partial charge in [0, 0.05) is 0 Å². The SMILES string of the molecule is C=CC=C.OSC(F)(F)SOc1c(C2CCCCC2)cc(C2CCCCC2)cc1C1CCCCC1. The van der Waals surface area contributed by atoms with E-state index in [1.54, 1.807) is 12.2 Å². The lowest BCUT2D eigenvalue weighted by Crippen LogP contribution is -2.15. The van der Waals surface area contributed by atoms with Crippen LogP contribution in [0.4, 0.5) is 8.78 Å². The van der Waals surface area contributed by atoms with Crippen LogP contribution in [-0.2, 0) is 0 Å². The van der Waals surface area contributed by atoms with E-state index < -0.39 is 16.6 Å². The highest BCUT2D eigenvalue weighted by molar-refractivity contribution is 8.13. The third-order valence-electron chi connectivity index (χ3n) is 7.83. The van der Waals surface area contributed by atoms with Crippen LogP contribution >= 0.6 is 24.1 Å². The molecule has 3 fully saturated rings. The lowest BCUT2D eigenvalue weighted by atomic mass is 9.75. The fourth-order valence-corrected chi connectivity index (χ4v) is 6.60. The van der Waals surface area contributed by atoms with Crippen LogP contribution in [0.3, 0.4) is 0 Å². The van der Waals surface area contributed by atoms with Gasteiger partial charge in [0.25, 0.3) is 0 Å². The van der Waals surface area contributed by atoms with Gasteiger partial charge in [-0.3, -0.25) is 0 Å². The molecule has 3 aliphatic rings. The first-order valence-corrected chi connectivity index (χ1v) is 15.0. The molecule has 0 radical (unpaired) electrons. The Kier molecular flexibility index (Phi) is 12.0. The molecule has 0 spiro atoms. The molecule has 196 valence electrons. The fraction of sp³-hybridized carbons (Fsp3) is 0.655. The van der Waals surface area contributed by atoms with E-state index in [0.29, 0.717) is 23.5 Å². The van der Waals surface area contributed by atoms with Gasteiger partial charge in [0.05, 0.1) is 12.0 Å². The minimum Gasteiger partial charge on any atom is -0.418 e. The number of rotatable bonds is 8. The zero-order valence-electron chi connectivity index (χ0n) is 21.0. The second kappa shape index (κ2) is 14.7. The maximum atomic E-state index is 13.9. The van der Waals surface area contributed by atoms with Crippen molar-refractivity contribution in [2.75, 3.05) is 0 Å². The number of alkyl halides is 2. The van der Waals surface area contributed by atoms with E-state index in [9.17, 15) is 8.78 Å². The average Bonchev–Trinajstić information content (AvgIpc) is 2.93. The van der Waals surface area contributed by atoms with E-state index in [1.165, 1.54) is 76.2 Å². The molecular formula is C29H42F2O2S2. The van der Waals surface area contributed by atoms with Crippen LogP contribution in [0.25, 0.3) is 0 Å². The summed E-state index contributed by atoms with van der Waals surface area (Å²) in [6.07, 6.45) is 21.4. The Morgan fingerprint density at radius 3 is 1.51 bits per heavy atom. The zero-order valence-corrected chi connectivity index (χ0v) is 22.6. The van der Waals surface area contributed by atoms with Crippen molar-refractivity contribution in [1.82, 2.24) is 0 Å². The van der Waals surface area contributed by atoms with Crippen molar-refractivity contribution in [2.45, 2.75) is 119 Å². The fourth-order valence-electron chi connectivity index (χ4n) is 6.01. The van der Waals surface area contributed by atoms with E-state index in [2.05, 4.69) is 25.3 Å². The van der Waals surface area contributed by atoms with Crippen molar-refractivity contribution in [1.29, 1.82) is 0 Å². The standard InChI is InChI=1S/C25H36F2O2S2.C4H6/c26-25(27,30-28)31-29-24-22(19-12-6-2-7-13-19)16-21(18-10-4-1-5-11-18)17-23(24)20-14-8-3-9-15-20;1-3-4-2/h16-20,28H,1-15H2;3-4H,1-2H2. The van der Waals surface area contributed by atoms with Crippen molar-refractivity contribution < 1.29 is 17.5 Å². The molecule has 0 unspecified atom stereocenters. The number of benzene rings is 1. The summed E-state index contributed by atoms with van der Waals surface area (Å²) in [5, 5.41) is 0. The van der Waals surface area contributed by atoms with Crippen LogP contribution < -0.4 is 4.18 Å². The summed E-state index contributed by atoms with van der Waals surface area (Å²) in [6, 6.07) is 4.64. The monoisotopic (exact) mass is 524 g/mol. The van der Waals surface area contributed by atoms with Gasteiger partial charge in [-0.15, -0.1) is 0 Å². The third-order valence-corrected chi connectivity index (χ3v) is 8.91. The van der Waals surface area contributed by atoms with E-state index in [-0.39, 0.29) is 12.0 Å².